The Hall–Kier alpha value is -2.40. The second-order valence-electron chi connectivity index (χ2n) is 5.21. The van der Waals surface area contributed by atoms with Crippen molar-refractivity contribution in [1.29, 1.82) is 0 Å². The van der Waals surface area contributed by atoms with Crippen LogP contribution in [-0.2, 0) is 7.05 Å². The van der Waals surface area contributed by atoms with Crippen LogP contribution in [0.1, 0.15) is 27.8 Å². The number of rotatable bonds is 3. The average molecular weight is 372 g/mol. The molecule has 0 bridgehead atoms. The van der Waals surface area contributed by atoms with E-state index in [0.717, 1.165) is 15.4 Å². The zero-order valence-electron chi connectivity index (χ0n) is 12.7. The van der Waals surface area contributed by atoms with Crippen LogP contribution < -0.4 is 4.74 Å². The maximum Gasteiger partial charge on any atom is 0.343 e. The Labute approximate surface area is 141 Å². The van der Waals surface area contributed by atoms with E-state index in [1.165, 1.54) is 6.92 Å². The van der Waals surface area contributed by atoms with Crippen molar-refractivity contribution in [2.75, 3.05) is 0 Å². The van der Waals surface area contributed by atoms with Crippen molar-refractivity contribution in [3.8, 4) is 5.75 Å². The van der Waals surface area contributed by atoms with Gasteiger partial charge >= 0.3 is 5.97 Å². The van der Waals surface area contributed by atoms with Crippen LogP contribution in [0, 0.1) is 0 Å². The summed E-state index contributed by atoms with van der Waals surface area (Å²) >= 11 is 3.33. The highest BCUT2D eigenvalue weighted by atomic mass is 79.9. The molecule has 2 aromatic carbocycles. The lowest BCUT2D eigenvalue weighted by atomic mass is 10.2. The van der Waals surface area contributed by atoms with Gasteiger partial charge in [-0.05, 0) is 36.4 Å². The molecule has 0 saturated carbocycles. The molecule has 1 heterocycles. The monoisotopic (exact) mass is 371 g/mol. The van der Waals surface area contributed by atoms with Crippen LogP contribution in [0.3, 0.4) is 0 Å². The number of para-hydroxylation sites is 1. The van der Waals surface area contributed by atoms with Gasteiger partial charge in [0.2, 0.25) is 0 Å². The molecule has 0 aliphatic heterocycles. The molecule has 0 N–H and O–H groups in total. The molecule has 0 amide bonds. The fourth-order valence-corrected chi connectivity index (χ4v) is 2.86. The van der Waals surface area contributed by atoms with Crippen molar-refractivity contribution in [2.45, 2.75) is 6.92 Å². The number of ether oxygens (including phenoxy) is 1. The molecule has 116 valence electrons. The van der Waals surface area contributed by atoms with E-state index in [2.05, 4.69) is 15.9 Å². The second-order valence-corrected chi connectivity index (χ2v) is 6.12. The lowest BCUT2D eigenvalue weighted by molar-refractivity contribution is 0.0734. The van der Waals surface area contributed by atoms with Crippen molar-refractivity contribution >= 4 is 38.6 Å². The molecule has 23 heavy (non-hydrogen) atoms. The van der Waals surface area contributed by atoms with Gasteiger partial charge in [0.25, 0.3) is 0 Å². The van der Waals surface area contributed by atoms with Crippen LogP contribution in [0.4, 0.5) is 0 Å². The Morgan fingerprint density at radius 3 is 2.35 bits per heavy atom. The first-order valence-electron chi connectivity index (χ1n) is 7.05. The maximum atomic E-state index is 12.4. The summed E-state index contributed by atoms with van der Waals surface area (Å²) in [5.74, 6) is -0.331. The van der Waals surface area contributed by atoms with Crippen LogP contribution in [0.25, 0.3) is 10.9 Å². The molecular weight excluding hydrogens is 358 g/mol. The topological polar surface area (TPSA) is 48.3 Å². The number of carbonyl (C=O) groups excluding carboxylic acids is 2. The number of aryl methyl sites for hydroxylation is 1. The summed E-state index contributed by atoms with van der Waals surface area (Å²) in [6.45, 7) is 1.46. The zero-order chi connectivity index (χ0) is 16.6. The van der Waals surface area contributed by atoms with E-state index in [-0.39, 0.29) is 5.78 Å². The quantitative estimate of drug-likeness (QED) is 0.507. The highest BCUT2D eigenvalue weighted by Crippen LogP contribution is 2.33. The van der Waals surface area contributed by atoms with Crippen molar-refractivity contribution in [2.24, 2.45) is 7.05 Å². The van der Waals surface area contributed by atoms with Gasteiger partial charge in [-0.3, -0.25) is 4.79 Å². The summed E-state index contributed by atoms with van der Waals surface area (Å²) in [5, 5.41) is 0.741. The third kappa shape index (κ3) is 2.80. The first kappa shape index (κ1) is 15.5. The van der Waals surface area contributed by atoms with Gasteiger partial charge < -0.3 is 9.30 Å². The highest BCUT2D eigenvalue weighted by molar-refractivity contribution is 9.10. The lowest BCUT2D eigenvalue weighted by Gasteiger charge is -2.06. The van der Waals surface area contributed by atoms with Gasteiger partial charge in [0.05, 0.1) is 11.1 Å². The van der Waals surface area contributed by atoms with Crippen molar-refractivity contribution in [3.05, 3.63) is 64.3 Å². The second kappa shape index (κ2) is 6.01. The van der Waals surface area contributed by atoms with Crippen LogP contribution in [-0.4, -0.2) is 16.3 Å². The first-order chi connectivity index (χ1) is 11.0. The fraction of sp³-hybridized carbons (Fsp3) is 0.111. The molecule has 0 saturated heterocycles. The SMILES string of the molecule is CC(=O)c1c(OC(=O)c2ccc(Br)cc2)c2ccccc2n1C. The number of aromatic nitrogens is 1. The van der Waals surface area contributed by atoms with E-state index in [0.29, 0.717) is 17.0 Å². The number of fused-ring (bicyclic) bond motifs is 1. The predicted molar refractivity (Wildman–Crippen MR) is 92.0 cm³/mol. The van der Waals surface area contributed by atoms with Gasteiger partial charge in [-0.1, -0.05) is 28.1 Å². The minimum atomic E-state index is -0.489. The number of nitrogens with zero attached hydrogens (tertiary/aromatic N) is 1. The van der Waals surface area contributed by atoms with E-state index in [1.54, 1.807) is 35.9 Å². The third-order valence-electron chi connectivity index (χ3n) is 3.67. The minimum absolute atomic E-state index is 0.151. The number of benzene rings is 2. The molecule has 4 nitrogen and oxygen atoms in total. The van der Waals surface area contributed by atoms with Crippen molar-refractivity contribution < 1.29 is 14.3 Å². The summed E-state index contributed by atoms with van der Waals surface area (Å²) in [6.07, 6.45) is 0. The Balaban J connectivity index is 2.08. The molecule has 5 heteroatoms. The van der Waals surface area contributed by atoms with E-state index >= 15 is 0 Å². The third-order valence-corrected chi connectivity index (χ3v) is 4.20. The Kier molecular flexibility index (Phi) is 4.05. The van der Waals surface area contributed by atoms with Crippen molar-refractivity contribution in [3.63, 3.8) is 0 Å². The van der Waals surface area contributed by atoms with Gasteiger partial charge in [0.1, 0.15) is 5.69 Å². The molecule has 0 spiro atoms. The number of ketones is 1. The van der Waals surface area contributed by atoms with E-state index < -0.39 is 5.97 Å². The zero-order valence-corrected chi connectivity index (χ0v) is 14.3. The fourth-order valence-electron chi connectivity index (χ4n) is 2.60. The van der Waals surface area contributed by atoms with Crippen LogP contribution in [0.15, 0.2) is 53.0 Å². The molecule has 3 rings (SSSR count). The maximum absolute atomic E-state index is 12.4. The summed E-state index contributed by atoms with van der Waals surface area (Å²) in [5.41, 5.74) is 1.66. The van der Waals surface area contributed by atoms with Gasteiger partial charge in [0.15, 0.2) is 11.5 Å². The standard InChI is InChI=1S/C18H14BrNO3/c1-11(21)16-17(14-5-3-4-6-15(14)20(16)2)23-18(22)12-7-9-13(19)10-8-12/h3-10H,1-2H3. The molecule has 0 aliphatic rings. The normalized spacial score (nSPS) is 10.7. The molecule has 1 aromatic heterocycles. The largest absolute Gasteiger partial charge is 0.420 e. The molecule has 0 fully saturated rings. The number of hydrogen-bond acceptors (Lipinski definition) is 3. The summed E-state index contributed by atoms with van der Waals surface area (Å²) < 4.78 is 8.20. The van der Waals surface area contributed by atoms with E-state index in [9.17, 15) is 9.59 Å². The molecule has 0 radical (unpaired) electrons. The Bertz CT molecular complexity index is 910. The Morgan fingerprint density at radius 1 is 1.04 bits per heavy atom. The Morgan fingerprint density at radius 2 is 1.70 bits per heavy atom. The number of carbonyl (C=O) groups is 2. The van der Waals surface area contributed by atoms with E-state index in [1.807, 2.05) is 24.3 Å². The number of hydrogen-bond donors (Lipinski definition) is 0. The lowest BCUT2D eigenvalue weighted by Crippen LogP contribution is -2.11. The van der Waals surface area contributed by atoms with Crippen LogP contribution >= 0.6 is 15.9 Å². The van der Waals surface area contributed by atoms with Crippen LogP contribution in [0.2, 0.25) is 0 Å². The molecule has 0 aliphatic carbocycles. The highest BCUT2D eigenvalue weighted by Gasteiger charge is 2.22. The van der Waals surface area contributed by atoms with Gasteiger partial charge in [-0.2, -0.15) is 0 Å². The summed E-state index contributed by atoms with van der Waals surface area (Å²) in [4.78, 5) is 24.4. The van der Waals surface area contributed by atoms with Gasteiger partial charge in [0, 0.05) is 23.8 Å². The smallest absolute Gasteiger partial charge is 0.343 e. The van der Waals surface area contributed by atoms with Gasteiger partial charge in [-0.15, -0.1) is 0 Å². The molecule has 0 atom stereocenters. The molecular formula is C18H14BrNO3. The first-order valence-corrected chi connectivity index (χ1v) is 7.84. The number of esters is 1. The number of halogens is 1. The van der Waals surface area contributed by atoms with Crippen LogP contribution in [0.5, 0.6) is 5.75 Å². The average Bonchev–Trinajstić information content (AvgIpc) is 2.81. The summed E-state index contributed by atoms with van der Waals surface area (Å²) in [6, 6.07) is 14.3. The minimum Gasteiger partial charge on any atom is -0.420 e. The summed E-state index contributed by atoms with van der Waals surface area (Å²) in [7, 11) is 1.79. The van der Waals surface area contributed by atoms with Gasteiger partial charge in [-0.25, -0.2) is 4.79 Å². The van der Waals surface area contributed by atoms with E-state index in [4.69, 9.17) is 4.74 Å². The molecule has 0 unspecified atom stereocenters. The van der Waals surface area contributed by atoms with Crippen molar-refractivity contribution in [1.82, 2.24) is 4.57 Å². The molecule has 3 aromatic rings. The number of Topliss-reactive ketones (excluding diaryl/α,β-unsaturated/α-hetero) is 1. The predicted octanol–water partition coefficient (Wildman–Crippen LogP) is 4.36.